The summed E-state index contributed by atoms with van der Waals surface area (Å²) in [4.78, 5) is 6.93. The first-order valence-electron chi connectivity index (χ1n) is 11.6. The van der Waals surface area contributed by atoms with Crippen LogP contribution < -0.4 is 5.32 Å². The predicted octanol–water partition coefficient (Wildman–Crippen LogP) is 4.25. The molecule has 0 amide bonds. The molecule has 182 valence electrons. The Balaban J connectivity index is 0.00000385. The maximum atomic E-state index is 10.4. The van der Waals surface area contributed by atoms with Crippen LogP contribution >= 0.6 is 24.0 Å². The number of guanidine groups is 1. The number of nitrogens with zero attached hydrogens (tertiary/aromatic N) is 2. The van der Waals surface area contributed by atoms with Crippen molar-refractivity contribution >= 4 is 29.9 Å². The monoisotopic (exact) mass is 567 g/mol. The Labute approximate surface area is 215 Å². The van der Waals surface area contributed by atoms with E-state index in [0.29, 0.717) is 19.1 Å². The van der Waals surface area contributed by atoms with Crippen molar-refractivity contribution in [3.63, 3.8) is 0 Å². The van der Waals surface area contributed by atoms with Crippen LogP contribution in [0.5, 0.6) is 0 Å². The smallest absolute Gasteiger partial charge is 0.194 e. The molecule has 0 aliphatic carbocycles. The molecule has 0 radical (unpaired) electrons. The minimum Gasteiger partial charge on any atom is -0.389 e. The van der Waals surface area contributed by atoms with Crippen LogP contribution in [0.4, 0.5) is 0 Å². The number of rotatable bonds is 11. The van der Waals surface area contributed by atoms with Crippen molar-refractivity contribution in [1.29, 1.82) is 0 Å². The number of benzene rings is 2. The average Bonchev–Trinajstić information content (AvgIpc) is 3.30. The number of ether oxygens (including phenoxy) is 2. The van der Waals surface area contributed by atoms with Crippen LogP contribution in [-0.4, -0.2) is 61.5 Å². The Morgan fingerprint density at radius 1 is 1.15 bits per heavy atom. The van der Waals surface area contributed by atoms with Gasteiger partial charge in [-0.3, -0.25) is 4.99 Å². The van der Waals surface area contributed by atoms with Gasteiger partial charge in [0.25, 0.3) is 0 Å². The summed E-state index contributed by atoms with van der Waals surface area (Å²) in [7, 11) is 0. The topological polar surface area (TPSA) is 66.3 Å². The quantitative estimate of drug-likeness (QED) is 0.242. The molecule has 0 saturated carbocycles. The second-order valence-electron chi connectivity index (χ2n) is 8.34. The second-order valence-corrected chi connectivity index (χ2v) is 8.34. The Hall–Kier alpha value is -1.68. The maximum Gasteiger partial charge on any atom is 0.194 e. The number of nitrogens with one attached hydrogen (secondary N) is 1. The maximum absolute atomic E-state index is 10.4. The van der Waals surface area contributed by atoms with Crippen LogP contribution in [0.3, 0.4) is 0 Å². The summed E-state index contributed by atoms with van der Waals surface area (Å²) in [5, 5.41) is 13.7. The molecule has 1 fully saturated rings. The van der Waals surface area contributed by atoms with E-state index in [2.05, 4.69) is 34.3 Å². The molecule has 0 spiro atoms. The summed E-state index contributed by atoms with van der Waals surface area (Å²) >= 11 is 0. The van der Waals surface area contributed by atoms with Crippen molar-refractivity contribution in [3.8, 4) is 0 Å². The minimum absolute atomic E-state index is 0. The zero-order chi connectivity index (χ0) is 22.6. The van der Waals surface area contributed by atoms with E-state index in [1.165, 1.54) is 5.56 Å². The van der Waals surface area contributed by atoms with Crippen molar-refractivity contribution in [3.05, 3.63) is 71.8 Å². The van der Waals surface area contributed by atoms with Crippen molar-refractivity contribution < 1.29 is 14.6 Å². The third-order valence-electron chi connectivity index (χ3n) is 5.64. The van der Waals surface area contributed by atoms with Crippen LogP contribution in [0.2, 0.25) is 0 Å². The number of hydrogen-bond donors (Lipinski definition) is 2. The fourth-order valence-corrected chi connectivity index (χ4v) is 3.82. The zero-order valence-electron chi connectivity index (χ0n) is 19.7. The van der Waals surface area contributed by atoms with Crippen LogP contribution in [0.25, 0.3) is 0 Å². The standard InChI is InChI=1S/C26H37N3O3.HI/c1-3-27-26(28-16-25(30)20-32-21(2)24-12-8-5-9-13-24)29-15-14-23(17-29)19-31-18-22-10-6-4-7-11-22;/h4-13,21,23,25,30H,3,14-20H2,1-2H3,(H,27,28);1H. The molecule has 1 aliphatic heterocycles. The van der Waals surface area contributed by atoms with E-state index in [1.54, 1.807) is 0 Å². The van der Waals surface area contributed by atoms with E-state index in [9.17, 15) is 5.11 Å². The van der Waals surface area contributed by atoms with Gasteiger partial charge in [-0.15, -0.1) is 24.0 Å². The summed E-state index contributed by atoms with van der Waals surface area (Å²) in [6.07, 6.45) is 0.389. The Morgan fingerprint density at radius 3 is 2.55 bits per heavy atom. The third kappa shape index (κ3) is 9.60. The first-order chi connectivity index (χ1) is 15.7. The third-order valence-corrected chi connectivity index (χ3v) is 5.64. The predicted molar refractivity (Wildman–Crippen MR) is 144 cm³/mol. The van der Waals surface area contributed by atoms with Gasteiger partial charge >= 0.3 is 0 Å². The molecule has 2 N–H and O–H groups in total. The van der Waals surface area contributed by atoms with Gasteiger partial charge in [0, 0.05) is 25.6 Å². The first kappa shape index (κ1) is 27.6. The van der Waals surface area contributed by atoms with E-state index in [-0.39, 0.29) is 36.7 Å². The lowest BCUT2D eigenvalue weighted by Gasteiger charge is -2.22. The number of aliphatic hydroxyl groups excluding tert-OH is 1. The van der Waals surface area contributed by atoms with Gasteiger partial charge in [0.15, 0.2) is 5.96 Å². The molecule has 6 nitrogen and oxygen atoms in total. The molecular weight excluding hydrogens is 529 g/mol. The molecule has 2 aromatic rings. The highest BCUT2D eigenvalue weighted by atomic mass is 127. The lowest BCUT2D eigenvalue weighted by atomic mass is 10.1. The van der Waals surface area contributed by atoms with Gasteiger partial charge in [-0.2, -0.15) is 0 Å². The van der Waals surface area contributed by atoms with Crippen LogP contribution in [0, 0.1) is 5.92 Å². The zero-order valence-corrected chi connectivity index (χ0v) is 22.1. The van der Waals surface area contributed by atoms with Gasteiger partial charge in [-0.25, -0.2) is 0 Å². The molecule has 33 heavy (non-hydrogen) atoms. The lowest BCUT2D eigenvalue weighted by molar-refractivity contribution is 0.00105. The summed E-state index contributed by atoms with van der Waals surface area (Å²) < 4.78 is 11.8. The Kier molecular flexibility index (Phi) is 12.8. The van der Waals surface area contributed by atoms with E-state index in [4.69, 9.17) is 9.47 Å². The fraction of sp³-hybridized carbons (Fsp3) is 0.500. The Morgan fingerprint density at radius 2 is 1.85 bits per heavy atom. The lowest BCUT2D eigenvalue weighted by Crippen LogP contribution is -2.41. The van der Waals surface area contributed by atoms with Gasteiger partial charge in [0.1, 0.15) is 0 Å². The van der Waals surface area contributed by atoms with Crippen LogP contribution in [0.1, 0.15) is 37.5 Å². The fourth-order valence-electron chi connectivity index (χ4n) is 3.82. The summed E-state index contributed by atoms with van der Waals surface area (Å²) in [6.45, 7) is 8.69. The highest BCUT2D eigenvalue weighted by molar-refractivity contribution is 14.0. The van der Waals surface area contributed by atoms with Crippen molar-refractivity contribution in [1.82, 2.24) is 10.2 Å². The van der Waals surface area contributed by atoms with E-state index < -0.39 is 6.10 Å². The average molecular weight is 568 g/mol. The van der Waals surface area contributed by atoms with Crippen molar-refractivity contribution in [2.75, 3.05) is 39.4 Å². The molecule has 7 heteroatoms. The normalized spacial score (nSPS) is 18.0. The largest absolute Gasteiger partial charge is 0.389 e. The van der Waals surface area contributed by atoms with E-state index in [1.807, 2.05) is 55.5 Å². The first-order valence-corrected chi connectivity index (χ1v) is 11.6. The van der Waals surface area contributed by atoms with Crippen molar-refractivity contribution in [2.24, 2.45) is 10.9 Å². The number of aliphatic imine (C=N–C) groups is 1. The van der Waals surface area contributed by atoms with Gasteiger partial charge in [-0.1, -0.05) is 60.7 Å². The molecule has 1 aliphatic rings. The minimum atomic E-state index is -0.637. The molecule has 3 unspecified atom stereocenters. The Bertz CT molecular complexity index is 807. The number of likely N-dealkylation sites (tertiary alicyclic amines) is 1. The van der Waals surface area contributed by atoms with Crippen molar-refractivity contribution in [2.45, 2.75) is 39.1 Å². The SMILES string of the molecule is CCNC(=NCC(O)COC(C)c1ccccc1)N1CCC(COCc2ccccc2)C1.I. The van der Waals surface area contributed by atoms with Gasteiger partial charge < -0.3 is 24.8 Å². The van der Waals surface area contributed by atoms with Gasteiger partial charge in [0.2, 0.25) is 0 Å². The van der Waals surface area contributed by atoms with Gasteiger partial charge in [0.05, 0.1) is 38.6 Å². The molecule has 2 aromatic carbocycles. The van der Waals surface area contributed by atoms with Gasteiger partial charge in [-0.05, 0) is 31.4 Å². The number of halogens is 1. The van der Waals surface area contributed by atoms with Crippen LogP contribution in [0.15, 0.2) is 65.7 Å². The highest BCUT2D eigenvalue weighted by Crippen LogP contribution is 2.18. The molecule has 0 bridgehead atoms. The van der Waals surface area contributed by atoms with Crippen LogP contribution in [-0.2, 0) is 16.1 Å². The molecule has 1 saturated heterocycles. The summed E-state index contributed by atoms with van der Waals surface area (Å²) in [5.74, 6) is 1.34. The second kappa shape index (κ2) is 15.3. The number of hydrogen-bond acceptors (Lipinski definition) is 4. The molecule has 0 aromatic heterocycles. The molecule has 1 heterocycles. The van der Waals surface area contributed by atoms with E-state index in [0.717, 1.165) is 44.2 Å². The molecule has 3 rings (SSSR count). The molecular formula is C26H38IN3O3. The summed E-state index contributed by atoms with van der Waals surface area (Å²) in [6, 6.07) is 20.3. The summed E-state index contributed by atoms with van der Waals surface area (Å²) in [5.41, 5.74) is 2.31. The number of aliphatic hydroxyl groups is 1. The highest BCUT2D eigenvalue weighted by Gasteiger charge is 2.25. The van der Waals surface area contributed by atoms with E-state index >= 15 is 0 Å². The molecule has 3 atom stereocenters.